The van der Waals surface area contributed by atoms with Gasteiger partial charge in [-0.05, 0) is 61.0 Å². The summed E-state index contributed by atoms with van der Waals surface area (Å²) in [4.78, 5) is 28.3. The van der Waals surface area contributed by atoms with Gasteiger partial charge in [0.05, 0.1) is 18.4 Å². The van der Waals surface area contributed by atoms with E-state index in [2.05, 4.69) is 11.9 Å². The fourth-order valence-corrected chi connectivity index (χ4v) is 2.92. The summed E-state index contributed by atoms with van der Waals surface area (Å²) in [7, 11) is 5.85. The number of nitrogens with one attached hydrogen (secondary N) is 1. The summed E-state index contributed by atoms with van der Waals surface area (Å²) in [5.74, 6) is -0.457. The van der Waals surface area contributed by atoms with Crippen LogP contribution >= 0.6 is 0 Å². The largest absolute Gasteiger partial charge is 0.502 e. The van der Waals surface area contributed by atoms with E-state index in [1.807, 2.05) is 67.4 Å². The van der Waals surface area contributed by atoms with Crippen LogP contribution in [0.25, 0.3) is 0 Å². The van der Waals surface area contributed by atoms with Crippen LogP contribution in [0.1, 0.15) is 27.1 Å². The van der Waals surface area contributed by atoms with Gasteiger partial charge in [0.25, 0.3) is 5.91 Å². The van der Waals surface area contributed by atoms with Gasteiger partial charge >= 0.3 is 5.97 Å². The Bertz CT molecular complexity index is 922. The minimum atomic E-state index is -0.347. The molecule has 2 aromatic rings. The number of carbonyl (C=O) groups is 2. The maximum atomic E-state index is 12.2. The van der Waals surface area contributed by atoms with Gasteiger partial charge in [-0.25, -0.2) is 4.79 Å². The number of hydrogen-bond donors (Lipinski definition) is 1. The monoisotopic (exact) mass is 451 g/mol. The Morgan fingerprint density at radius 3 is 2.21 bits per heavy atom. The van der Waals surface area contributed by atoms with Gasteiger partial charge < -0.3 is 24.6 Å². The second-order valence-electron chi connectivity index (χ2n) is 7.59. The Hall–Kier alpha value is -3.74. The summed E-state index contributed by atoms with van der Waals surface area (Å²) in [5, 5.41) is 2.86. The number of carbonyl (C=O) groups excluding carboxylic acids is 2. The molecule has 0 unspecified atom stereocenters. The average Bonchev–Trinajstić information content (AvgIpc) is 2.83. The molecule has 0 saturated carbocycles. The lowest BCUT2D eigenvalue weighted by Crippen LogP contribution is -2.25. The molecule has 2 aromatic carbocycles. The molecule has 0 fully saturated rings. The lowest BCUT2D eigenvalue weighted by atomic mass is 10.2. The number of ether oxygens (including phenoxy) is 2. The molecule has 0 spiro atoms. The molecule has 0 aliphatic carbocycles. The minimum Gasteiger partial charge on any atom is -0.502 e. The zero-order valence-corrected chi connectivity index (χ0v) is 19.6. The Balaban J connectivity index is 1.72. The van der Waals surface area contributed by atoms with E-state index in [4.69, 9.17) is 9.47 Å². The molecule has 0 radical (unpaired) electrons. The molecule has 0 saturated heterocycles. The maximum Gasteiger partial charge on any atom is 0.338 e. The van der Waals surface area contributed by atoms with Crippen LogP contribution in [0.15, 0.2) is 73.5 Å². The van der Waals surface area contributed by atoms with Crippen molar-refractivity contribution in [1.82, 2.24) is 5.32 Å². The summed E-state index contributed by atoms with van der Waals surface area (Å²) in [6.07, 6.45) is 5.88. The summed E-state index contributed by atoms with van der Waals surface area (Å²) in [6, 6.07) is 14.7. The predicted molar refractivity (Wildman–Crippen MR) is 133 cm³/mol. The Labute approximate surface area is 196 Å². The van der Waals surface area contributed by atoms with Crippen molar-refractivity contribution >= 4 is 23.3 Å². The van der Waals surface area contributed by atoms with Crippen LogP contribution in [-0.4, -0.2) is 59.3 Å². The second-order valence-corrected chi connectivity index (χ2v) is 7.59. The molecule has 0 aromatic heterocycles. The Kier molecular flexibility index (Phi) is 10.5. The molecule has 33 heavy (non-hydrogen) atoms. The Morgan fingerprint density at radius 2 is 1.58 bits per heavy atom. The first kappa shape index (κ1) is 25.5. The van der Waals surface area contributed by atoms with Gasteiger partial charge in [-0.1, -0.05) is 12.7 Å². The van der Waals surface area contributed by atoms with E-state index < -0.39 is 0 Å². The summed E-state index contributed by atoms with van der Waals surface area (Å²) < 4.78 is 10.3. The highest BCUT2D eigenvalue weighted by Gasteiger charge is 2.07. The predicted octanol–water partition coefficient (Wildman–Crippen LogP) is 3.88. The quantitative estimate of drug-likeness (QED) is 0.216. The molecule has 0 aliphatic rings. The average molecular weight is 452 g/mol. The lowest BCUT2D eigenvalue weighted by molar-refractivity contribution is 0.0549. The van der Waals surface area contributed by atoms with E-state index in [9.17, 15) is 9.59 Å². The molecule has 0 atom stereocenters. The number of nitrogens with zero attached hydrogens (tertiary/aromatic N) is 2. The number of amides is 1. The molecular formula is C26H33N3O4. The molecule has 1 amide bonds. The van der Waals surface area contributed by atoms with Gasteiger partial charge in [0.1, 0.15) is 6.61 Å². The van der Waals surface area contributed by atoms with Crippen LogP contribution in [0.4, 0.5) is 11.4 Å². The molecule has 0 heterocycles. The van der Waals surface area contributed by atoms with Crippen molar-refractivity contribution in [3.8, 4) is 0 Å². The fourth-order valence-electron chi connectivity index (χ4n) is 2.92. The molecule has 7 heteroatoms. The van der Waals surface area contributed by atoms with Crippen molar-refractivity contribution < 1.29 is 19.1 Å². The first-order valence-electron chi connectivity index (χ1n) is 10.8. The number of rotatable bonds is 13. The number of esters is 1. The van der Waals surface area contributed by atoms with Crippen molar-refractivity contribution in [1.29, 1.82) is 0 Å². The number of hydrogen-bond acceptors (Lipinski definition) is 6. The molecular weight excluding hydrogens is 418 g/mol. The van der Waals surface area contributed by atoms with E-state index in [0.29, 0.717) is 30.8 Å². The van der Waals surface area contributed by atoms with Crippen LogP contribution in [0.2, 0.25) is 0 Å². The topological polar surface area (TPSA) is 71.1 Å². The van der Waals surface area contributed by atoms with Crippen LogP contribution in [0, 0.1) is 0 Å². The molecule has 0 aliphatic heterocycles. The van der Waals surface area contributed by atoms with Gasteiger partial charge in [0.15, 0.2) is 0 Å². The highest BCUT2D eigenvalue weighted by Crippen LogP contribution is 2.14. The molecule has 2 rings (SSSR count). The zero-order valence-electron chi connectivity index (χ0n) is 19.6. The third-order valence-electron chi connectivity index (χ3n) is 4.89. The van der Waals surface area contributed by atoms with Gasteiger partial charge in [-0.2, -0.15) is 0 Å². The first-order chi connectivity index (χ1) is 15.9. The van der Waals surface area contributed by atoms with Gasteiger partial charge in [0, 0.05) is 51.2 Å². The van der Waals surface area contributed by atoms with Gasteiger partial charge in [-0.15, -0.1) is 0 Å². The SMILES string of the molecule is C=COCCCNC(=O)c1ccc(N(C)C/C=C/COC(=O)c2ccc(N(C)C)cc2)cc1. The number of benzene rings is 2. The van der Waals surface area contributed by atoms with Crippen LogP contribution in [0.3, 0.4) is 0 Å². The minimum absolute atomic E-state index is 0.110. The smallest absolute Gasteiger partial charge is 0.338 e. The summed E-state index contributed by atoms with van der Waals surface area (Å²) in [5.41, 5.74) is 3.14. The van der Waals surface area contributed by atoms with Crippen molar-refractivity contribution in [2.75, 3.05) is 57.2 Å². The summed E-state index contributed by atoms with van der Waals surface area (Å²) in [6.45, 7) is 5.41. The Morgan fingerprint density at radius 1 is 0.939 bits per heavy atom. The van der Waals surface area contributed by atoms with Crippen LogP contribution < -0.4 is 15.1 Å². The molecule has 176 valence electrons. The van der Waals surface area contributed by atoms with Crippen molar-refractivity contribution in [3.63, 3.8) is 0 Å². The van der Waals surface area contributed by atoms with E-state index in [1.54, 1.807) is 24.3 Å². The van der Waals surface area contributed by atoms with Crippen LogP contribution in [0.5, 0.6) is 0 Å². The van der Waals surface area contributed by atoms with Crippen molar-refractivity contribution in [3.05, 3.63) is 84.7 Å². The lowest BCUT2D eigenvalue weighted by Gasteiger charge is -2.17. The second kappa shape index (κ2) is 13.6. The standard InChI is InChI=1S/C26H33N3O4/c1-5-32-19-8-17-27-25(30)21-9-15-24(16-10-21)29(4)18-6-7-20-33-26(31)22-11-13-23(14-12-22)28(2)3/h5-7,9-16H,1,8,17-20H2,2-4H3,(H,27,30)/b7-6+. The van der Waals surface area contributed by atoms with E-state index >= 15 is 0 Å². The maximum absolute atomic E-state index is 12.2. The first-order valence-corrected chi connectivity index (χ1v) is 10.8. The van der Waals surface area contributed by atoms with Gasteiger partial charge in [0.2, 0.25) is 0 Å². The fraction of sp³-hybridized carbons (Fsp3) is 0.308. The van der Waals surface area contributed by atoms with Crippen molar-refractivity contribution in [2.24, 2.45) is 0 Å². The third-order valence-corrected chi connectivity index (χ3v) is 4.89. The van der Waals surface area contributed by atoms with E-state index in [1.165, 1.54) is 6.26 Å². The van der Waals surface area contributed by atoms with Crippen LogP contribution in [-0.2, 0) is 9.47 Å². The van der Waals surface area contributed by atoms with E-state index in [0.717, 1.165) is 17.8 Å². The molecule has 1 N–H and O–H groups in total. The zero-order chi connectivity index (χ0) is 24.1. The highest BCUT2D eigenvalue weighted by molar-refractivity contribution is 5.94. The normalized spacial score (nSPS) is 10.5. The highest BCUT2D eigenvalue weighted by atomic mass is 16.5. The van der Waals surface area contributed by atoms with E-state index in [-0.39, 0.29) is 18.5 Å². The number of anilines is 2. The van der Waals surface area contributed by atoms with Gasteiger partial charge in [-0.3, -0.25) is 4.79 Å². The molecule has 0 bridgehead atoms. The van der Waals surface area contributed by atoms with Crippen molar-refractivity contribution in [2.45, 2.75) is 6.42 Å². The molecule has 7 nitrogen and oxygen atoms in total. The third kappa shape index (κ3) is 8.73. The summed E-state index contributed by atoms with van der Waals surface area (Å²) >= 11 is 0. The number of likely N-dealkylation sites (N-methyl/N-ethyl adjacent to an activating group) is 1.